The minimum absolute atomic E-state index is 0.262. The Morgan fingerprint density at radius 2 is 2.03 bits per heavy atom. The van der Waals surface area contributed by atoms with Crippen LogP contribution in [0, 0.1) is 6.92 Å². The molecule has 0 bridgehead atoms. The molecule has 3 aromatic heterocycles. The van der Waals surface area contributed by atoms with Crippen molar-refractivity contribution in [2.75, 3.05) is 13.2 Å². The number of carbonyl (C=O) groups is 1. The van der Waals surface area contributed by atoms with Gasteiger partial charge in [0.25, 0.3) is 12.3 Å². The molecule has 0 unspecified atom stereocenters. The largest absolute Gasteiger partial charge is 0.484 e. The van der Waals surface area contributed by atoms with Gasteiger partial charge < -0.3 is 19.4 Å². The molecular formula is C26H25ClF2N6O3. The Bertz CT molecular complexity index is 1490. The zero-order chi connectivity index (χ0) is 26.9. The summed E-state index contributed by atoms with van der Waals surface area (Å²) in [5.74, 6) is 0.576. The molecule has 0 aliphatic heterocycles. The summed E-state index contributed by atoms with van der Waals surface area (Å²) < 4.78 is 38.1. The van der Waals surface area contributed by atoms with Crippen LogP contribution in [0.15, 0.2) is 42.9 Å². The van der Waals surface area contributed by atoms with Gasteiger partial charge in [-0.25, -0.2) is 18.7 Å². The number of halogens is 3. The van der Waals surface area contributed by atoms with Gasteiger partial charge in [-0.2, -0.15) is 4.98 Å². The van der Waals surface area contributed by atoms with E-state index < -0.39 is 25.5 Å². The van der Waals surface area contributed by atoms with Crippen molar-refractivity contribution in [1.82, 2.24) is 29.8 Å². The monoisotopic (exact) mass is 542 g/mol. The number of hydrogen-bond donors (Lipinski definition) is 1. The highest BCUT2D eigenvalue weighted by atomic mass is 35.5. The lowest BCUT2D eigenvalue weighted by Gasteiger charge is -2.12. The fourth-order valence-corrected chi connectivity index (χ4v) is 4.12. The number of rotatable bonds is 10. The third-order valence-corrected chi connectivity index (χ3v) is 6.41. The SMILES string of the molecule is Cc1ccnc(Cn2c(-c3ccc(OCC(=O)NCC(F)F)cc3Cl)nc3c(OC4(C)CC4)ncnc32)c1. The Morgan fingerprint density at radius 3 is 2.74 bits per heavy atom. The molecule has 198 valence electrons. The molecule has 1 saturated carbocycles. The predicted molar refractivity (Wildman–Crippen MR) is 137 cm³/mol. The number of nitrogens with one attached hydrogen (secondary N) is 1. The fourth-order valence-electron chi connectivity index (χ4n) is 3.86. The molecule has 1 aliphatic carbocycles. The molecule has 0 radical (unpaired) electrons. The van der Waals surface area contributed by atoms with Crippen LogP contribution in [-0.2, 0) is 11.3 Å². The van der Waals surface area contributed by atoms with Crippen LogP contribution in [0.5, 0.6) is 11.6 Å². The summed E-state index contributed by atoms with van der Waals surface area (Å²) in [7, 11) is 0. The number of carbonyl (C=O) groups excluding carboxylic acids is 1. The Labute approximate surface area is 222 Å². The molecule has 1 aliphatic rings. The molecule has 5 rings (SSSR count). The van der Waals surface area contributed by atoms with E-state index in [1.807, 2.05) is 30.5 Å². The summed E-state index contributed by atoms with van der Waals surface area (Å²) in [4.78, 5) is 29.9. The maximum absolute atomic E-state index is 12.3. The lowest BCUT2D eigenvalue weighted by molar-refractivity contribution is -0.123. The molecule has 12 heteroatoms. The van der Waals surface area contributed by atoms with E-state index in [1.54, 1.807) is 24.4 Å². The summed E-state index contributed by atoms with van der Waals surface area (Å²) in [6.07, 6.45) is 2.44. The van der Waals surface area contributed by atoms with E-state index in [4.69, 9.17) is 26.1 Å². The average molecular weight is 543 g/mol. The number of nitrogens with zero attached hydrogens (tertiary/aromatic N) is 5. The lowest BCUT2D eigenvalue weighted by atomic mass is 10.2. The molecule has 1 aromatic carbocycles. The highest BCUT2D eigenvalue weighted by Crippen LogP contribution is 2.41. The van der Waals surface area contributed by atoms with Crippen molar-refractivity contribution in [2.45, 2.75) is 45.3 Å². The van der Waals surface area contributed by atoms with Gasteiger partial charge in [-0.05, 0) is 62.6 Å². The molecule has 0 atom stereocenters. The van der Waals surface area contributed by atoms with Crippen LogP contribution in [-0.4, -0.2) is 55.6 Å². The molecule has 9 nitrogen and oxygen atoms in total. The molecular weight excluding hydrogens is 518 g/mol. The van der Waals surface area contributed by atoms with E-state index in [0.29, 0.717) is 45.7 Å². The number of pyridine rings is 1. The fraction of sp³-hybridized carbons (Fsp3) is 0.346. The molecule has 38 heavy (non-hydrogen) atoms. The smallest absolute Gasteiger partial charge is 0.258 e. The van der Waals surface area contributed by atoms with Crippen molar-refractivity contribution in [3.8, 4) is 23.0 Å². The topological polar surface area (TPSA) is 104 Å². The number of amides is 1. The first-order valence-electron chi connectivity index (χ1n) is 12.0. The van der Waals surface area contributed by atoms with Gasteiger partial charge >= 0.3 is 0 Å². The van der Waals surface area contributed by atoms with E-state index >= 15 is 0 Å². The van der Waals surface area contributed by atoms with Gasteiger partial charge in [0.2, 0.25) is 5.88 Å². The van der Waals surface area contributed by atoms with Crippen LogP contribution in [0.1, 0.15) is 31.0 Å². The third kappa shape index (κ3) is 5.83. The van der Waals surface area contributed by atoms with Crippen molar-refractivity contribution < 1.29 is 23.0 Å². The maximum Gasteiger partial charge on any atom is 0.258 e. The van der Waals surface area contributed by atoms with Crippen LogP contribution in [0.3, 0.4) is 0 Å². The molecule has 0 spiro atoms. The van der Waals surface area contributed by atoms with Crippen molar-refractivity contribution in [3.63, 3.8) is 0 Å². The molecule has 1 N–H and O–H groups in total. The van der Waals surface area contributed by atoms with Gasteiger partial charge in [-0.15, -0.1) is 0 Å². The summed E-state index contributed by atoms with van der Waals surface area (Å²) in [5, 5.41) is 2.40. The first kappa shape index (κ1) is 25.8. The summed E-state index contributed by atoms with van der Waals surface area (Å²) >= 11 is 6.65. The number of alkyl halides is 2. The number of ether oxygens (including phenoxy) is 2. The summed E-state index contributed by atoms with van der Waals surface area (Å²) in [6, 6.07) is 8.79. The number of fused-ring (bicyclic) bond motifs is 1. The van der Waals surface area contributed by atoms with Gasteiger partial charge in [-0.3, -0.25) is 9.78 Å². The van der Waals surface area contributed by atoms with E-state index in [2.05, 4.69) is 20.3 Å². The van der Waals surface area contributed by atoms with E-state index in [0.717, 1.165) is 24.1 Å². The minimum atomic E-state index is -2.63. The molecule has 1 amide bonds. The quantitative estimate of drug-likeness (QED) is 0.312. The van der Waals surface area contributed by atoms with Gasteiger partial charge in [0.05, 0.1) is 23.8 Å². The van der Waals surface area contributed by atoms with Crippen LogP contribution in [0.4, 0.5) is 8.78 Å². The second-order valence-electron chi connectivity index (χ2n) is 9.37. The van der Waals surface area contributed by atoms with Crippen LogP contribution >= 0.6 is 11.6 Å². The Kier molecular flexibility index (Phi) is 7.11. The zero-order valence-corrected chi connectivity index (χ0v) is 21.5. The molecule has 0 saturated heterocycles. The maximum atomic E-state index is 12.3. The Balaban J connectivity index is 1.49. The van der Waals surface area contributed by atoms with Gasteiger partial charge in [-0.1, -0.05) is 11.6 Å². The Morgan fingerprint density at radius 1 is 1.21 bits per heavy atom. The average Bonchev–Trinajstić information content (AvgIpc) is 3.49. The number of imidazole rings is 1. The van der Waals surface area contributed by atoms with Crippen molar-refractivity contribution >= 4 is 28.7 Å². The van der Waals surface area contributed by atoms with E-state index in [-0.39, 0.29) is 5.60 Å². The van der Waals surface area contributed by atoms with Gasteiger partial charge in [0.15, 0.2) is 17.8 Å². The van der Waals surface area contributed by atoms with Gasteiger partial charge in [0.1, 0.15) is 23.5 Å². The van der Waals surface area contributed by atoms with Crippen molar-refractivity contribution in [2.24, 2.45) is 0 Å². The third-order valence-electron chi connectivity index (χ3n) is 6.09. The standard InChI is InChI=1S/C26H25ClF2N6O3/c1-15-5-8-30-16(9-15)12-35-23(34-22-24(35)32-14-33-25(22)38-26(2)6-7-26)18-4-3-17(10-19(18)27)37-13-21(36)31-11-20(28)29/h3-5,8-10,14,20H,6-7,11-13H2,1-2H3,(H,31,36). The number of hydrogen-bond acceptors (Lipinski definition) is 7. The van der Waals surface area contributed by atoms with Crippen molar-refractivity contribution in [1.29, 1.82) is 0 Å². The summed E-state index contributed by atoms with van der Waals surface area (Å²) in [5.41, 5.74) is 3.29. The van der Waals surface area contributed by atoms with E-state index in [1.165, 1.54) is 6.33 Å². The Hall–Kier alpha value is -3.86. The molecule has 3 heterocycles. The molecule has 4 aromatic rings. The normalized spacial score (nSPS) is 14.1. The van der Waals surface area contributed by atoms with Crippen molar-refractivity contribution in [3.05, 3.63) is 59.1 Å². The second-order valence-corrected chi connectivity index (χ2v) is 9.78. The first-order valence-corrected chi connectivity index (χ1v) is 12.4. The number of benzene rings is 1. The van der Waals surface area contributed by atoms with Crippen LogP contribution < -0.4 is 14.8 Å². The van der Waals surface area contributed by atoms with Crippen LogP contribution in [0.25, 0.3) is 22.6 Å². The van der Waals surface area contributed by atoms with E-state index in [9.17, 15) is 13.6 Å². The zero-order valence-electron chi connectivity index (χ0n) is 20.7. The summed E-state index contributed by atoms with van der Waals surface area (Å²) in [6.45, 7) is 3.24. The number of aromatic nitrogens is 5. The lowest BCUT2D eigenvalue weighted by Crippen LogP contribution is -2.32. The highest BCUT2D eigenvalue weighted by Gasteiger charge is 2.41. The predicted octanol–water partition coefficient (Wildman–Crippen LogP) is 4.59. The van der Waals surface area contributed by atoms with Crippen LogP contribution in [0.2, 0.25) is 5.02 Å². The highest BCUT2D eigenvalue weighted by molar-refractivity contribution is 6.33. The second kappa shape index (κ2) is 10.5. The minimum Gasteiger partial charge on any atom is -0.484 e. The van der Waals surface area contributed by atoms with Gasteiger partial charge in [0, 0.05) is 11.8 Å². The number of aryl methyl sites for hydroxylation is 1. The first-order chi connectivity index (χ1) is 18.2. The molecule has 1 fully saturated rings.